The Balaban J connectivity index is 2.41. The number of morpholine rings is 1. The molecule has 1 heterocycles. The Bertz CT molecular complexity index is 198. The summed E-state index contributed by atoms with van der Waals surface area (Å²) in [5, 5.41) is 3.48. The Kier molecular flexibility index (Phi) is 5.73. The molecule has 1 aliphatic rings. The SMILES string of the molecule is CCNC(C)CC(C)N1CC(C)OCC1C. The lowest BCUT2D eigenvalue weighted by Gasteiger charge is -2.41. The first-order chi connectivity index (χ1) is 7.54. The van der Waals surface area contributed by atoms with Gasteiger partial charge in [0.25, 0.3) is 0 Å². The lowest BCUT2D eigenvalue weighted by Crippen LogP contribution is -2.52. The number of nitrogens with one attached hydrogen (secondary N) is 1. The summed E-state index contributed by atoms with van der Waals surface area (Å²) < 4.78 is 5.67. The van der Waals surface area contributed by atoms with E-state index in [2.05, 4.69) is 44.8 Å². The predicted molar refractivity (Wildman–Crippen MR) is 68.8 cm³/mol. The summed E-state index contributed by atoms with van der Waals surface area (Å²) >= 11 is 0. The maximum atomic E-state index is 5.67. The van der Waals surface area contributed by atoms with Gasteiger partial charge >= 0.3 is 0 Å². The van der Waals surface area contributed by atoms with Crippen molar-refractivity contribution in [2.24, 2.45) is 0 Å². The lowest BCUT2D eigenvalue weighted by molar-refractivity contribution is -0.0652. The van der Waals surface area contributed by atoms with Crippen LogP contribution in [0.25, 0.3) is 0 Å². The molecule has 0 aromatic carbocycles. The van der Waals surface area contributed by atoms with Crippen LogP contribution in [0.4, 0.5) is 0 Å². The van der Waals surface area contributed by atoms with Gasteiger partial charge in [0.05, 0.1) is 12.7 Å². The van der Waals surface area contributed by atoms with E-state index in [-0.39, 0.29) is 0 Å². The van der Waals surface area contributed by atoms with E-state index in [0.29, 0.717) is 24.2 Å². The number of nitrogens with zero attached hydrogens (tertiary/aromatic N) is 1. The molecule has 1 rings (SSSR count). The quantitative estimate of drug-likeness (QED) is 0.777. The second-order valence-electron chi connectivity index (χ2n) is 5.23. The van der Waals surface area contributed by atoms with Crippen molar-refractivity contribution >= 4 is 0 Å². The van der Waals surface area contributed by atoms with Gasteiger partial charge in [-0.2, -0.15) is 0 Å². The first-order valence-corrected chi connectivity index (χ1v) is 6.65. The van der Waals surface area contributed by atoms with Gasteiger partial charge in [-0.15, -0.1) is 0 Å². The highest BCUT2D eigenvalue weighted by Gasteiger charge is 2.27. The van der Waals surface area contributed by atoms with Gasteiger partial charge in [-0.3, -0.25) is 4.90 Å². The molecule has 0 saturated carbocycles. The van der Waals surface area contributed by atoms with Gasteiger partial charge in [-0.25, -0.2) is 0 Å². The van der Waals surface area contributed by atoms with E-state index < -0.39 is 0 Å². The summed E-state index contributed by atoms with van der Waals surface area (Å²) in [6, 6.07) is 1.79. The smallest absolute Gasteiger partial charge is 0.0674 e. The molecule has 16 heavy (non-hydrogen) atoms. The van der Waals surface area contributed by atoms with Gasteiger partial charge in [-0.05, 0) is 40.7 Å². The largest absolute Gasteiger partial charge is 0.376 e. The molecule has 0 aromatic heterocycles. The highest BCUT2D eigenvalue weighted by Crippen LogP contribution is 2.17. The summed E-state index contributed by atoms with van der Waals surface area (Å²) in [5.41, 5.74) is 0. The second kappa shape index (κ2) is 6.58. The van der Waals surface area contributed by atoms with E-state index in [0.717, 1.165) is 19.7 Å². The number of hydrogen-bond acceptors (Lipinski definition) is 3. The van der Waals surface area contributed by atoms with Gasteiger partial charge in [0, 0.05) is 24.7 Å². The highest BCUT2D eigenvalue weighted by molar-refractivity contribution is 4.81. The van der Waals surface area contributed by atoms with E-state index in [4.69, 9.17) is 4.74 Å². The third-order valence-electron chi connectivity index (χ3n) is 3.47. The molecule has 0 aliphatic carbocycles. The standard InChI is InChI=1S/C13H28N2O/c1-6-14-10(2)7-11(3)15-8-13(5)16-9-12(15)4/h10-14H,6-9H2,1-5H3. The van der Waals surface area contributed by atoms with Crippen LogP contribution in [0.2, 0.25) is 0 Å². The van der Waals surface area contributed by atoms with Crippen molar-refractivity contribution in [2.75, 3.05) is 19.7 Å². The van der Waals surface area contributed by atoms with Gasteiger partial charge in [0.1, 0.15) is 0 Å². The molecule has 3 heteroatoms. The van der Waals surface area contributed by atoms with Crippen LogP contribution in [-0.4, -0.2) is 48.8 Å². The minimum atomic E-state index is 0.382. The second-order valence-corrected chi connectivity index (χ2v) is 5.23. The van der Waals surface area contributed by atoms with E-state index in [1.54, 1.807) is 0 Å². The van der Waals surface area contributed by atoms with Crippen LogP contribution in [-0.2, 0) is 4.74 Å². The third kappa shape index (κ3) is 4.04. The van der Waals surface area contributed by atoms with Crippen molar-refractivity contribution in [3.63, 3.8) is 0 Å². The highest BCUT2D eigenvalue weighted by atomic mass is 16.5. The summed E-state index contributed by atoms with van der Waals surface area (Å²) in [4.78, 5) is 2.59. The lowest BCUT2D eigenvalue weighted by atomic mass is 10.0. The maximum Gasteiger partial charge on any atom is 0.0674 e. The minimum Gasteiger partial charge on any atom is -0.376 e. The van der Waals surface area contributed by atoms with Crippen LogP contribution >= 0.6 is 0 Å². The average Bonchev–Trinajstić information content (AvgIpc) is 2.21. The van der Waals surface area contributed by atoms with Crippen molar-refractivity contribution in [3.05, 3.63) is 0 Å². The van der Waals surface area contributed by atoms with Crippen LogP contribution in [0.5, 0.6) is 0 Å². The molecular weight excluding hydrogens is 200 g/mol. The number of hydrogen-bond donors (Lipinski definition) is 1. The van der Waals surface area contributed by atoms with Crippen molar-refractivity contribution in [2.45, 2.75) is 65.3 Å². The average molecular weight is 228 g/mol. The molecule has 4 atom stereocenters. The summed E-state index contributed by atoms with van der Waals surface area (Å²) in [7, 11) is 0. The van der Waals surface area contributed by atoms with E-state index in [1.165, 1.54) is 6.42 Å². The summed E-state index contributed by atoms with van der Waals surface area (Å²) in [6.45, 7) is 14.2. The van der Waals surface area contributed by atoms with Gasteiger partial charge < -0.3 is 10.1 Å². The predicted octanol–water partition coefficient (Wildman–Crippen LogP) is 1.87. The molecule has 1 saturated heterocycles. The molecular formula is C13H28N2O. The Labute approximate surface area is 101 Å². The zero-order valence-electron chi connectivity index (χ0n) is 11.5. The van der Waals surface area contributed by atoms with Gasteiger partial charge in [-0.1, -0.05) is 6.92 Å². The summed E-state index contributed by atoms with van der Waals surface area (Å²) in [6.07, 6.45) is 1.60. The molecule has 96 valence electrons. The molecule has 4 unspecified atom stereocenters. The van der Waals surface area contributed by atoms with Crippen molar-refractivity contribution in [1.82, 2.24) is 10.2 Å². The molecule has 1 fully saturated rings. The zero-order valence-corrected chi connectivity index (χ0v) is 11.5. The van der Waals surface area contributed by atoms with Crippen molar-refractivity contribution in [1.29, 1.82) is 0 Å². The Morgan fingerprint density at radius 3 is 2.69 bits per heavy atom. The molecule has 3 nitrogen and oxygen atoms in total. The zero-order chi connectivity index (χ0) is 12.1. The topological polar surface area (TPSA) is 24.5 Å². The van der Waals surface area contributed by atoms with Crippen molar-refractivity contribution in [3.8, 4) is 0 Å². The molecule has 0 aromatic rings. The Morgan fingerprint density at radius 2 is 2.06 bits per heavy atom. The monoisotopic (exact) mass is 228 g/mol. The van der Waals surface area contributed by atoms with Crippen LogP contribution in [0.3, 0.4) is 0 Å². The molecule has 0 amide bonds. The maximum absolute atomic E-state index is 5.67. The molecule has 0 radical (unpaired) electrons. The van der Waals surface area contributed by atoms with Gasteiger partial charge in [0.15, 0.2) is 0 Å². The van der Waals surface area contributed by atoms with Gasteiger partial charge in [0.2, 0.25) is 0 Å². The first-order valence-electron chi connectivity index (χ1n) is 6.65. The van der Waals surface area contributed by atoms with E-state index in [9.17, 15) is 0 Å². The molecule has 0 spiro atoms. The fourth-order valence-corrected chi connectivity index (χ4v) is 2.62. The fourth-order valence-electron chi connectivity index (χ4n) is 2.62. The van der Waals surface area contributed by atoms with E-state index >= 15 is 0 Å². The molecule has 0 bridgehead atoms. The van der Waals surface area contributed by atoms with Crippen LogP contribution in [0.15, 0.2) is 0 Å². The summed E-state index contributed by atoms with van der Waals surface area (Å²) in [5.74, 6) is 0. The number of rotatable bonds is 5. The van der Waals surface area contributed by atoms with Crippen LogP contribution in [0.1, 0.15) is 41.0 Å². The normalized spacial score (nSPS) is 31.3. The Morgan fingerprint density at radius 1 is 1.38 bits per heavy atom. The van der Waals surface area contributed by atoms with Crippen LogP contribution in [0, 0.1) is 0 Å². The van der Waals surface area contributed by atoms with Crippen molar-refractivity contribution < 1.29 is 4.74 Å². The fraction of sp³-hybridized carbons (Fsp3) is 1.00. The van der Waals surface area contributed by atoms with Crippen LogP contribution < -0.4 is 5.32 Å². The first kappa shape index (κ1) is 13.9. The Hall–Kier alpha value is -0.120. The third-order valence-corrected chi connectivity index (χ3v) is 3.47. The van der Waals surface area contributed by atoms with E-state index in [1.807, 2.05) is 0 Å². The minimum absolute atomic E-state index is 0.382. The number of ether oxygens (including phenoxy) is 1. The molecule has 1 aliphatic heterocycles. The molecule has 1 N–H and O–H groups in total.